The minimum atomic E-state index is -0.107. The molecule has 1 aromatic rings. The van der Waals surface area contributed by atoms with Gasteiger partial charge in [-0.05, 0) is 18.1 Å². The second-order valence-electron chi connectivity index (χ2n) is 3.41. The maximum atomic E-state index is 13.3. The number of rotatable bonds is 0. The third-order valence-corrected chi connectivity index (χ3v) is 3.56. The molecule has 3 heteroatoms. The molecule has 1 heterocycles. The Labute approximate surface area is 81.7 Å². The van der Waals surface area contributed by atoms with Crippen molar-refractivity contribution in [3.63, 3.8) is 0 Å². The first-order valence-electron chi connectivity index (χ1n) is 4.42. The van der Waals surface area contributed by atoms with Gasteiger partial charge in [0.1, 0.15) is 5.82 Å². The average molecular weight is 197 g/mol. The van der Waals surface area contributed by atoms with Gasteiger partial charge in [0, 0.05) is 12.3 Å². The van der Waals surface area contributed by atoms with Crippen molar-refractivity contribution >= 4 is 17.4 Å². The van der Waals surface area contributed by atoms with E-state index in [0.717, 1.165) is 22.9 Å². The molecular formula is C10H12FNS. The van der Waals surface area contributed by atoms with Crippen LogP contribution in [-0.4, -0.2) is 12.3 Å². The maximum absolute atomic E-state index is 13.3. The van der Waals surface area contributed by atoms with Gasteiger partial charge in [-0.1, -0.05) is 13.0 Å². The van der Waals surface area contributed by atoms with Gasteiger partial charge in [0.15, 0.2) is 0 Å². The minimum absolute atomic E-state index is 0.107. The van der Waals surface area contributed by atoms with Gasteiger partial charge in [0.2, 0.25) is 0 Å². The largest absolute Gasteiger partial charge is 0.384 e. The van der Waals surface area contributed by atoms with Crippen molar-refractivity contribution in [2.45, 2.75) is 11.8 Å². The quantitative estimate of drug-likeness (QED) is 0.686. The van der Waals surface area contributed by atoms with E-state index in [1.165, 1.54) is 6.07 Å². The topological polar surface area (TPSA) is 12.0 Å². The molecule has 0 aromatic heterocycles. The lowest BCUT2D eigenvalue weighted by Gasteiger charge is -2.07. The van der Waals surface area contributed by atoms with Gasteiger partial charge in [0.25, 0.3) is 0 Å². The average Bonchev–Trinajstić information content (AvgIpc) is 2.30. The molecule has 1 nitrogen and oxygen atoms in total. The summed E-state index contributed by atoms with van der Waals surface area (Å²) in [5.74, 6) is 1.47. The number of hydrogen-bond acceptors (Lipinski definition) is 2. The molecule has 0 fully saturated rings. The highest BCUT2D eigenvalue weighted by Gasteiger charge is 2.15. The Morgan fingerprint density at radius 2 is 2.38 bits per heavy atom. The lowest BCUT2D eigenvalue weighted by atomic mass is 10.2. The van der Waals surface area contributed by atoms with Crippen LogP contribution >= 0.6 is 11.8 Å². The Morgan fingerprint density at radius 3 is 3.23 bits per heavy atom. The van der Waals surface area contributed by atoms with Gasteiger partial charge in [0.05, 0.1) is 10.6 Å². The molecule has 1 aromatic carbocycles. The van der Waals surface area contributed by atoms with E-state index in [2.05, 4.69) is 12.2 Å². The molecule has 1 aliphatic heterocycles. The predicted octanol–water partition coefficient (Wildman–Crippen LogP) is 2.98. The Balaban J connectivity index is 2.35. The molecule has 0 saturated heterocycles. The van der Waals surface area contributed by atoms with Crippen LogP contribution in [0.5, 0.6) is 0 Å². The van der Waals surface area contributed by atoms with Crippen molar-refractivity contribution in [1.29, 1.82) is 0 Å². The van der Waals surface area contributed by atoms with E-state index >= 15 is 0 Å². The summed E-state index contributed by atoms with van der Waals surface area (Å²) in [6.45, 7) is 3.10. The summed E-state index contributed by atoms with van der Waals surface area (Å²) >= 11 is 1.61. The van der Waals surface area contributed by atoms with Gasteiger partial charge in [-0.15, -0.1) is 11.8 Å². The lowest BCUT2D eigenvalue weighted by molar-refractivity contribution is 0.603. The third kappa shape index (κ3) is 1.80. The number of nitrogens with one attached hydrogen (secondary N) is 1. The smallest absolute Gasteiger partial charge is 0.138 e. The fourth-order valence-corrected chi connectivity index (χ4v) is 2.43. The van der Waals surface area contributed by atoms with Gasteiger partial charge in [-0.2, -0.15) is 0 Å². The molecule has 1 unspecified atom stereocenters. The van der Waals surface area contributed by atoms with Crippen molar-refractivity contribution in [1.82, 2.24) is 0 Å². The van der Waals surface area contributed by atoms with Gasteiger partial charge >= 0.3 is 0 Å². The van der Waals surface area contributed by atoms with Crippen LogP contribution in [0.15, 0.2) is 23.1 Å². The Bertz CT molecular complexity index is 314. The molecule has 0 saturated carbocycles. The first kappa shape index (κ1) is 8.88. The zero-order valence-corrected chi connectivity index (χ0v) is 8.33. The Hall–Kier alpha value is -0.700. The Kier molecular flexibility index (Phi) is 2.44. The first-order valence-corrected chi connectivity index (χ1v) is 5.41. The summed E-state index contributed by atoms with van der Waals surface area (Å²) in [5.41, 5.74) is 0.939. The van der Waals surface area contributed by atoms with Crippen molar-refractivity contribution in [3.8, 4) is 0 Å². The van der Waals surface area contributed by atoms with E-state index in [0.29, 0.717) is 5.92 Å². The van der Waals surface area contributed by atoms with Crippen molar-refractivity contribution in [3.05, 3.63) is 24.0 Å². The van der Waals surface area contributed by atoms with Crippen molar-refractivity contribution < 1.29 is 4.39 Å². The number of thioether (sulfide) groups is 1. The second kappa shape index (κ2) is 3.58. The first-order chi connectivity index (χ1) is 6.27. The number of hydrogen-bond donors (Lipinski definition) is 1. The van der Waals surface area contributed by atoms with E-state index in [1.807, 2.05) is 6.07 Å². The molecule has 0 bridgehead atoms. The summed E-state index contributed by atoms with van der Waals surface area (Å²) in [4.78, 5) is 0.770. The second-order valence-corrected chi connectivity index (χ2v) is 4.44. The monoisotopic (exact) mass is 197 g/mol. The fourth-order valence-electron chi connectivity index (χ4n) is 1.36. The van der Waals surface area contributed by atoms with Crippen LogP contribution in [0.2, 0.25) is 0 Å². The van der Waals surface area contributed by atoms with Gasteiger partial charge in [-0.3, -0.25) is 0 Å². The molecule has 1 atom stereocenters. The standard InChI is InChI=1S/C10H12FNS/c1-7-5-12-9-4-2-3-8(11)10(9)13-6-7/h2-4,7,12H,5-6H2,1H3. The molecule has 1 aliphatic rings. The molecule has 0 radical (unpaired) electrons. The van der Waals surface area contributed by atoms with Gasteiger partial charge in [-0.25, -0.2) is 4.39 Å². The van der Waals surface area contributed by atoms with Crippen LogP contribution in [0, 0.1) is 11.7 Å². The van der Waals surface area contributed by atoms with Crippen LogP contribution in [0.1, 0.15) is 6.92 Å². The molecular weight excluding hydrogens is 185 g/mol. The minimum Gasteiger partial charge on any atom is -0.384 e. The van der Waals surface area contributed by atoms with E-state index < -0.39 is 0 Å². The highest BCUT2D eigenvalue weighted by Crippen LogP contribution is 2.33. The third-order valence-electron chi connectivity index (χ3n) is 2.12. The summed E-state index contributed by atoms with van der Waals surface area (Å²) < 4.78 is 13.3. The van der Waals surface area contributed by atoms with Gasteiger partial charge < -0.3 is 5.32 Å². The van der Waals surface area contributed by atoms with Crippen LogP contribution in [0.4, 0.5) is 10.1 Å². The lowest BCUT2D eigenvalue weighted by Crippen LogP contribution is -2.10. The predicted molar refractivity (Wildman–Crippen MR) is 54.8 cm³/mol. The van der Waals surface area contributed by atoms with E-state index in [1.54, 1.807) is 17.8 Å². The molecule has 0 aliphatic carbocycles. The summed E-state index contributed by atoms with van der Waals surface area (Å²) in [5, 5.41) is 3.25. The number of anilines is 1. The molecule has 0 spiro atoms. The highest BCUT2D eigenvalue weighted by molar-refractivity contribution is 7.99. The molecule has 1 N–H and O–H groups in total. The number of halogens is 1. The van der Waals surface area contributed by atoms with E-state index in [-0.39, 0.29) is 5.82 Å². The van der Waals surface area contributed by atoms with Crippen molar-refractivity contribution in [2.24, 2.45) is 5.92 Å². The molecule has 0 amide bonds. The summed E-state index contributed by atoms with van der Waals surface area (Å²) in [7, 11) is 0. The summed E-state index contributed by atoms with van der Waals surface area (Å²) in [6, 6.07) is 5.20. The zero-order valence-electron chi connectivity index (χ0n) is 7.51. The number of benzene rings is 1. The van der Waals surface area contributed by atoms with Crippen molar-refractivity contribution in [2.75, 3.05) is 17.6 Å². The fraction of sp³-hybridized carbons (Fsp3) is 0.400. The molecule has 2 rings (SSSR count). The molecule has 70 valence electrons. The normalized spacial score (nSPS) is 21.5. The van der Waals surface area contributed by atoms with Crippen LogP contribution < -0.4 is 5.32 Å². The maximum Gasteiger partial charge on any atom is 0.138 e. The van der Waals surface area contributed by atoms with Crippen LogP contribution in [0.3, 0.4) is 0 Å². The van der Waals surface area contributed by atoms with E-state index in [9.17, 15) is 4.39 Å². The van der Waals surface area contributed by atoms with Crippen LogP contribution in [0.25, 0.3) is 0 Å². The molecule has 13 heavy (non-hydrogen) atoms. The van der Waals surface area contributed by atoms with E-state index in [4.69, 9.17) is 0 Å². The summed E-state index contributed by atoms with van der Waals surface area (Å²) in [6.07, 6.45) is 0. The SMILES string of the molecule is CC1CNc2cccc(F)c2SC1. The zero-order chi connectivity index (χ0) is 9.26. The highest BCUT2D eigenvalue weighted by atomic mass is 32.2. The number of fused-ring (bicyclic) bond motifs is 1. The van der Waals surface area contributed by atoms with Crippen LogP contribution in [-0.2, 0) is 0 Å². The Morgan fingerprint density at radius 1 is 1.54 bits per heavy atom.